The predicted octanol–water partition coefficient (Wildman–Crippen LogP) is 1.90. The van der Waals surface area contributed by atoms with E-state index in [1.807, 2.05) is 4.90 Å². The van der Waals surface area contributed by atoms with E-state index in [1.54, 1.807) is 23.9 Å². The first-order valence-electron chi connectivity index (χ1n) is 10.7. The van der Waals surface area contributed by atoms with E-state index in [4.69, 9.17) is 0 Å². The van der Waals surface area contributed by atoms with Crippen molar-refractivity contribution in [3.05, 3.63) is 18.0 Å². The third-order valence-corrected chi connectivity index (χ3v) is 8.46. The van der Waals surface area contributed by atoms with Crippen molar-refractivity contribution >= 4 is 15.9 Å². The van der Waals surface area contributed by atoms with Crippen LogP contribution in [0.15, 0.2) is 17.2 Å². The average molecular weight is 409 g/mol. The summed E-state index contributed by atoms with van der Waals surface area (Å²) in [5, 5.41) is 0. The largest absolute Gasteiger partial charge is 0.345 e. The maximum Gasteiger partial charge on any atom is 0.270 e. The van der Waals surface area contributed by atoms with Gasteiger partial charge in [-0.1, -0.05) is 19.3 Å². The second-order valence-electron chi connectivity index (χ2n) is 8.40. The van der Waals surface area contributed by atoms with Crippen molar-refractivity contribution < 1.29 is 13.2 Å². The minimum Gasteiger partial charge on any atom is -0.345 e. The summed E-state index contributed by atoms with van der Waals surface area (Å²) < 4.78 is 28.8. The molecule has 0 N–H and O–H groups in total. The van der Waals surface area contributed by atoms with E-state index in [2.05, 4.69) is 4.90 Å². The fourth-order valence-corrected chi connectivity index (χ4v) is 6.45. The van der Waals surface area contributed by atoms with Gasteiger partial charge in [0, 0.05) is 58.6 Å². The number of aromatic nitrogens is 1. The number of sulfonamides is 1. The molecule has 3 heterocycles. The molecule has 3 fully saturated rings. The van der Waals surface area contributed by atoms with Crippen LogP contribution in [0.2, 0.25) is 0 Å². The Balaban J connectivity index is 1.42. The lowest BCUT2D eigenvalue weighted by molar-refractivity contribution is 0.0515. The quantitative estimate of drug-likeness (QED) is 0.763. The van der Waals surface area contributed by atoms with Crippen LogP contribution < -0.4 is 0 Å². The molecule has 0 bridgehead atoms. The zero-order valence-electron chi connectivity index (χ0n) is 16.8. The molecule has 3 aliphatic rings. The topological polar surface area (TPSA) is 65.9 Å². The minimum absolute atomic E-state index is 0.0614. The smallest absolute Gasteiger partial charge is 0.270 e. The molecule has 1 aromatic rings. The van der Waals surface area contributed by atoms with Gasteiger partial charge in [-0.3, -0.25) is 9.69 Å². The fraction of sp³-hybridized carbons (Fsp3) is 0.750. The normalized spacial score (nSPS) is 23.4. The third kappa shape index (κ3) is 3.86. The molecule has 0 aromatic carbocycles. The Morgan fingerprint density at radius 3 is 2.21 bits per heavy atom. The SMILES string of the molecule is Cn1cc(S(=O)(=O)N2CCCC2)cc1C(=O)N1CCN(C2CCCCC2)CC1. The van der Waals surface area contributed by atoms with Gasteiger partial charge in [0.05, 0.1) is 0 Å². The molecule has 1 saturated carbocycles. The highest BCUT2D eigenvalue weighted by atomic mass is 32.2. The van der Waals surface area contributed by atoms with Gasteiger partial charge in [-0.05, 0) is 31.7 Å². The number of amides is 1. The molecule has 0 unspecified atom stereocenters. The zero-order chi connectivity index (χ0) is 19.7. The molecule has 4 rings (SSSR count). The number of rotatable bonds is 4. The highest BCUT2D eigenvalue weighted by molar-refractivity contribution is 7.89. The van der Waals surface area contributed by atoms with E-state index in [-0.39, 0.29) is 10.8 Å². The molecule has 0 radical (unpaired) electrons. The second-order valence-corrected chi connectivity index (χ2v) is 10.3. The van der Waals surface area contributed by atoms with E-state index >= 15 is 0 Å². The summed E-state index contributed by atoms with van der Waals surface area (Å²) in [4.78, 5) is 17.7. The van der Waals surface area contributed by atoms with E-state index in [1.165, 1.54) is 36.4 Å². The van der Waals surface area contributed by atoms with Crippen LogP contribution in [0.3, 0.4) is 0 Å². The molecule has 8 heteroatoms. The Labute approximate surface area is 168 Å². The van der Waals surface area contributed by atoms with Crippen LogP contribution in [-0.4, -0.2) is 78.3 Å². The Kier molecular flexibility index (Phi) is 5.81. The van der Waals surface area contributed by atoms with E-state index in [0.717, 1.165) is 25.9 Å². The number of carbonyl (C=O) groups is 1. The maximum absolute atomic E-state index is 13.0. The van der Waals surface area contributed by atoms with Crippen LogP contribution in [0.25, 0.3) is 0 Å². The zero-order valence-corrected chi connectivity index (χ0v) is 17.7. The summed E-state index contributed by atoms with van der Waals surface area (Å²) in [6.07, 6.45) is 9.95. The monoisotopic (exact) mass is 408 g/mol. The first kappa shape index (κ1) is 19.9. The number of hydrogen-bond acceptors (Lipinski definition) is 4. The van der Waals surface area contributed by atoms with Crippen molar-refractivity contribution in [2.24, 2.45) is 7.05 Å². The Morgan fingerprint density at radius 1 is 0.929 bits per heavy atom. The fourth-order valence-electron chi connectivity index (χ4n) is 4.86. The lowest BCUT2D eigenvalue weighted by atomic mass is 9.94. The second kappa shape index (κ2) is 8.16. The van der Waals surface area contributed by atoms with Crippen molar-refractivity contribution in [2.75, 3.05) is 39.3 Å². The van der Waals surface area contributed by atoms with Crippen LogP contribution in [0, 0.1) is 0 Å². The Bertz CT molecular complexity index is 799. The molecular weight excluding hydrogens is 376 g/mol. The van der Waals surface area contributed by atoms with Crippen molar-refractivity contribution in [2.45, 2.75) is 55.9 Å². The van der Waals surface area contributed by atoms with Gasteiger partial charge < -0.3 is 9.47 Å². The summed E-state index contributed by atoms with van der Waals surface area (Å²) in [7, 11) is -1.74. The third-order valence-electron chi connectivity index (χ3n) is 6.59. The molecule has 1 aromatic heterocycles. The van der Waals surface area contributed by atoms with Gasteiger partial charge in [0.15, 0.2) is 0 Å². The lowest BCUT2D eigenvalue weighted by Gasteiger charge is -2.40. The number of piperazine rings is 1. The van der Waals surface area contributed by atoms with Gasteiger partial charge in [-0.2, -0.15) is 4.31 Å². The summed E-state index contributed by atoms with van der Waals surface area (Å²) in [6.45, 7) is 4.41. The van der Waals surface area contributed by atoms with Gasteiger partial charge in [-0.15, -0.1) is 0 Å². The molecular formula is C20H32N4O3S. The van der Waals surface area contributed by atoms with Crippen LogP contribution in [0.4, 0.5) is 0 Å². The minimum atomic E-state index is -3.49. The standard InChI is InChI=1S/C20H32N4O3S/c1-21-16-18(28(26,27)24-9-5-6-10-24)15-19(21)20(25)23-13-11-22(12-14-23)17-7-3-2-4-8-17/h15-17H,2-14H2,1H3. The predicted molar refractivity (Wildman–Crippen MR) is 108 cm³/mol. The molecule has 156 valence electrons. The summed E-state index contributed by atoms with van der Waals surface area (Å²) >= 11 is 0. The van der Waals surface area contributed by atoms with Crippen LogP contribution in [0.5, 0.6) is 0 Å². The summed E-state index contributed by atoms with van der Waals surface area (Å²) in [5.74, 6) is -0.0614. The van der Waals surface area contributed by atoms with E-state index < -0.39 is 10.0 Å². The molecule has 2 saturated heterocycles. The van der Waals surface area contributed by atoms with Gasteiger partial charge in [0.25, 0.3) is 5.91 Å². The molecule has 28 heavy (non-hydrogen) atoms. The molecule has 1 aliphatic carbocycles. The van der Waals surface area contributed by atoms with Gasteiger partial charge >= 0.3 is 0 Å². The highest BCUT2D eigenvalue weighted by Crippen LogP contribution is 2.25. The van der Waals surface area contributed by atoms with Gasteiger partial charge in [0.2, 0.25) is 10.0 Å². The van der Waals surface area contributed by atoms with Crippen molar-refractivity contribution in [3.8, 4) is 0 Å². The van der Waals surface area contributed by atoms with Crippen molar-refractivity contribution in [3.63, 3.8) is 0 Å². The molecule has 0 atom stereocenters. The molecule has 2 aliphatic heterocycles. The maximum atomic E-state index is 13.0. The van der Waals surface area contributed by atoms with Crippen molar-refractivity contribution in [1.29, 1.82) is 0 Å². The average Bonchev–Trinajstić information content (AvgIpc) is 3.39. The van der Waals surface area contributed by atoms with Crippen LogP contribution >= 0.6 is 0 Å². The lowest BCUT2D eigenvalue weighted by Crippen LogP contribution is -2.52. The van der Waals surface area contributed by atoms with Gasteiger partial charge in [0.1, 0.15) is 10.6 Å². The highest BCUT2D eigenvalue weighted by Gasteiger charge is 2.32. The Hall–Kier alpha value is -1.38. The van der Waals surface area contributed by atoms with Crippen LogP contribution in [-0.2, 0) is 17.1 Å². The van der Waals surface area contributed by atoms with E-state index in [9.17, 15) is 13.2 Å². The Morgan fingerprint density at radius 2 is 1.57 bits per heavy atom. The number of carbonyl (C=O) groups excluding carboxylic acids is 1. The number of aryl methyl sites for hydroxylation is 1. The first-order valence-corrected chi connectivity index (χ1v) is 12.1. The molecule has 7 nitrogen and oxygen atoms in total. The summed E-state index contributed by atoms with van der Waals surface area (Å²) in [6, 6.07) is 2.24. The van der Waals surface area contributed by atoms with Crippen molar-refractivity contribution in [1.82, 2.24) is 18.7 Å². The molecule has 1 amide bonds. The van der Waals surface area contributed by atoms with Crippen LogP contribution in [0.1, 0.15) is 55.4 Å². The van der Waals surface area contributed by atoms with Gasteiger partial charge in [-0.25, -0.2) is 8.42 Å². The van der Waals surface area contributed by atoms with E-state index in [0.29, 0.717) is 37.9 Å². The first-order chi connectivity index (χ1) is 13.5. The molecule has 0 spiro atoms. The number of nitrogens with zero attached hydrogens (tertiary/aromatic N) is 4. The number of hydrogen-bond donors (Lipinski definition) is 0. The summed E-state index contributed by atoms with van der Waals surface area (Å²) in [5.41, 5.74) is 0.462.